The maximum absolute atomic E-state index is 12.5. The van der Waals surface area contributed by atoms with Gasteiger partial charge in [-0.25, -0.2) is 5.43 Å². The van der Waals surface area contributed by atoms with E-state index in [4.69, 9.17) is 23.7 Å². The predicted octanol–water partition coefficient (Wildman–Crippen LogP) is 1.52. The molecule has 0 radical (unpaired) electrons. The van der Waals surface area contributed by atoms with Crippen molar-refractivity contribution in [3.63, 3.8) is 0 Å². The molecule has 182 valence electrons. The van der Waals surface area contributed by atoms with Gasteiger partial charge in [0.15, 0.2) is 11.5 Å². The van der Waals surface area contributed by atoms with Crippen LogP contribution in [0.1, 0.15) is 15.9 Å². The number of carbonyl (C=O) groups is 2. The largest absolute Gasteiger partial charge is 0.496 e. The number of methoxy groups -OCH3 is 5. The van der Waals surface area contributed by atoms with Crippen molar-refractivity contribution < 1.29 is 38.2 Å². The van der Waals surface area contributed by atoms with Crippen LogP contribution in [0.2, 0.25) is 0 Å². The number of hydrogen-bond donors (Lipinski definition) is 2. The van der Waals surface area contributed by atoms with Crippen LogP contribution in [-0.4, -0.2) is 65.0 Å². The summed E-state index contributed by atoms with van der Waals surface area (Å²) in [4.78, 5) is 35.1. The van der Waals surface area contributed by atoms with Crippen LogP contribution in [0.15, 0.2) is 29.4 Å². The van der Waals surface area contributed by atoms with Crippen LogP contribution in [0.4, 0.5) is 5.69 Å². The molecule has 0 bridgehead atoms. The van der Waals surface area contributed by atoms with E-state index in [-0.39, 0.29) is 39.8 Å². The summed E-state index contributed by atoms with van der Waals surface area (Å²) in [7, 11) is 6.93. The van der Waals surface area contributed by atoms with Crippen molar-refractivity contribution in [2.24, 2.45) is 5.10 Å². The van der Waals surface area contributed by atoms with E-state index in [1.165, 1.54) is 66.0 Å². The number of hydrogen-bond acceptors (Lipinski definition) is 10. The molecule has 0 unspecified atom stereocenters. The van der Waals surface area contributed by atoms with Gasteiger partial charge in [-0.15, -0.1) is 0 Å². The highest BCUT2D eigenvalue weighted by molar-refractivity contribution is 5.97. The lowest BCUT2D eigenvalue weighted by Gasteiger charge is -2.14. The molecular weight excluding hydrogens is 452 g/mol. The zero-order valence-corrected chi connectivity index (χ0v) is 19.2. The molecule has 2 aromatic carbocycles. The van der Waals surface area contributed by atoms with Gasteiger partial charge in [0, 0.05) is 23.3 Å². The van der Waals surface area contributed by atoms with Crippen molar-refractivity contribution in [3.05, 3.63) is 45.5 Å². The van der Waals surface area contributed by atoms with Gasteiger partial charge in [-0.3, -0.25) is 19.7 Å². The van der Waals surface area contributed by atoms with E-state index < -0.39 is 23.3 Å². The van der Waals surface area contributed by atoms with Crippen molar-refractivity contribution in [1.29, 1.82) is 0 Å². The number of carbonyl (C=O) groups excluding carboxylic acids is 2. The average Bonchev–Trinajstić information content (AvgIpc) is 2.85. The smallest absolute Gasteiger partial charge is 0.311 e. The lowest BCUT2D eigenvalue weighted by Crippen LogP contribution is -2.35. The van der Waals surface area contributed by atoms with E-state index >= 15 is 0 Å². The van der Waals surface area contributed by atoms with E-state index in [2.05, 4.69) is 15.8 Å². The third-order valence-corrected chi connectivity index (χ3v) is 4.46. The van der Waals surface area contributed by atoms with Gasteiger partial charge >= 0.3 is 5.69 Å². The van der Waals surface area contributed by atoms with E-state index in [0.717, 1.165) is 0 Å². The number of nitro groups is 1. The van der Waals surface area contributed by atoms with Crippen LogP contribution in [0.25, 0.3) is 0 Å². The first kappa shape index (κ1) is 25.7. The van der Waals surface area contributed by atoms with Gasteiger partial charge in [-0.05, 0) is 12.1 Å². The van der Waals surface area contributed by atoms with Crippen LogP contribution in [-0.2, 0) is 4.79 Å². The number of benzene rings is 2. The maximum atomic E-state index is 12.5. The summed E-state index contributed by atoms with van der Waals surface area (Å²) in [6, 6.07) is 5.41. The Balaban J connectivity index is 2.06. The third-order valence-electron chi connectivity index (χ3n) is 4.46. The van der Waals surface area contributed by atoms with Gasteiger partial charge in [-0.1, -0.05) is 0 Å². The van der Waals surface area contributed by atoms with Gasteiger partial charge in [0.2, 0.25) is 11.5 Å². The van der Waals surface area contributed by atoms with Gasteiger partial charge in [0.25, 0.3) is 11.8 Å². The fourth-order valence-electron chi connectivity index (χ4n) is 2.84. The molecule has 34 heavy (non-hydrogen) atoms. The van der Waals surface area contributed by atoms with Crippen molar-refractivity contribution in [3.8, 4) is 28.7 Å². The van der Waals surface area contributed by atoms with Gasteiger partial charge in [-0.2, -0.15) is 5.10 Å². The third kappa shape index (κ3) is 6.03. The minimum Gasteiger partial charge on any atom is -0.496 e. The topological polar surface area (TPSA) is 160 Å². The van der Waals surface area contributed by atoms with Gasteiger partial charge in [0.05, 0.1) is 53.2 Å². The summed E-state index contributed by atoms with van der Waals surface area (Å²) >= 11 is 0. The minimum atomic E-state index is -0.640. The zero-order valence-electron chi connectivity index (χ0n) is 19.2. The highest BCUT2D eigenvalue weighted by Crippen LogP contribution is 2.38. The molecule has 2 aromatic rings. The highest BCUT2D eigenvalue weighted by Gasteiger charge is 2.19. The molecule has 0 aliphatic heterocycles. The number of nitro benzene ring substituents is 1. The van der Waals surface area contributed by atoms with E-state index in [1.807, 2.05) is 0 Å². The molecule has 0 aliphatic rings. The fourth-order valence-corrected chi connectivity index (χ4v) is 2.84. The molecule has 2 rings (SSSR count). The standard InChI is InChI=1S/C21H24N4O9/c1-30-15-9-16(31-2)14(25(28)29)6-13(15)10-23-24-19(26)11-22-21(27)12-7-17(32-3)20(34-5)18(8-12)33-4/h6-10H,11H2,1-5H3,(H,22,27)(H,24,26)/b23-10-. The van der Waals surface area contributed by atoms with Crippen molar-refractivity contribution in [2.45, 2.75) is 0 Å². The number of nitrogens with zero attached hydrogens (tertiary/aromatic N) is 2. The Labute approximate surface area is 194 Å². The number of hydrazone groups is 1. The van der Waals surface area contributed by atoms with E-state index in [0.29, 0.717) is 5.75 Å². The molecule has 2 N–H and O–H groups in total. The lowest BCUT2D eigenvalue weighted by molar-refractivity contribution is -0.385. The van der Waals surface area contributed by atoms with Crippen LogP contribution in [0, 0.1) is 10.1 Å². The van der Waals surface area contributed by atoms with E-state index in [9.17, 15) is 19.7 Å². The molecule has 0 saturated carbocycles. The van der Waals surface area contributed by atoms with E-state index in [1.54, 1.807) is 0 Å². The summed E-state index contributed by atoms with van der Waals surface area (Å²) in [6.07, 6.45) is 1.17. The Morgan fingerprint density at radius 1 is 0.912 bits per heavy atom. The molecular formula is C21H24N4O9. The number of amides is 2. The Bertz CT molecular complexity index is 1080. The van der Waals surface area contributed by atoms with Gasteiger partial charge < -0.3 is 29.0 Å². The van der Waals surface area contributed by atoms with Crippen LogP contribution >= 0.6 is 0 Å². The number of ether oxygens (including phenoxy) is 5. The predicted molar refractivity (Wildman–Crippen MR) is 120 cm³/mol. The molecule has 0 saturated heterocycles. The van der Waals surface area contributed by atoms with Crippen molar-refractivity contribution in [2.75, 3.05) is 42.1 Å². The molecule has 0 aromatic heterocycles. The Hall–Kier alpha value is -4.55. The average molecular weight is 476 g/mol. The summed E-state index contributed by atoms with van der Waals surface area (Å²) in [5, 5.41) is 17.4. The quantitative estimate of drug-likeness (QED) is 0.278. The SMILES string of the molecule is COc1cc(OC)c([N+](=O)[O-])cc1/C=N\NC(=O)CNC(=O)c1cc(OC)c(OC)c(OC)c1. The molecule has 2 amide bonds. The minimum absolute atomic E-state index is 0.0116. The summed E-state index contributed by atoms with van der Waals surface area (Å²) in [5.74, 6) is -0.0615. The molecule has 0 aliphatic carbocycles. The highest BCUT2D eigenvalue weighted by atomic mass is 16.6. The summed E-state index contributed by atoms with van der Waals surface area (Å²) in [6.45, 7) is -0.396. The van der Waals surface area contributed by atoms with Crippen LogP contribution in [0.3, 0.4) is 0 Å². The Morgan fingerprint density at radius 2 is 1.50 bits per heavy atom. The monoisotopic (exact) mass is 476 g/mol. The van der Waals surface area contributed by atoms with Crippen molar-refractivity contribution in [1.82, 2.24) is 10.7 Å². The molecule has 0 fully saturated rings. The second-order valence-corrected chi connectivity index (χ2v) is 6.41. The second-order valence-electron chi connectivity index (χ2n) is 6.41. The fraction of sp³-hybridized carbons (Fsp3) is 0.286. The molecule has 0 atom stereocenters. The molecule has 0 heterocycles. The van der Waals surface area contributed by atoms with Crippen molar-refractivity contribution >= 4 is 23.7 Å². The lowest BCUT2D eigenvalue weighted by atomic mass is 10.1. The molecule has 0 spiro atoms. The Morgan fingerprint density at radius 3 is 2.00 bits per heavy atom. The Kier molecular flexibility index (Phi) is 9.00. The normalized spacial score (nSPS) is 10.4. The zero-order chi connectivity index (χ0) is 25.3. The first-order valence-electron chi connectivity index (χ1n) is 9.60. The molecule has 13 nitrogen and oxygen atoms in total. The first-order valence-corrected chi connectivity index (χ1v) is 9.60. The summed E-state index contributed by atoms with van der Waals surface area (Å²) < 4.78 is 25.8. The second kappa shape index (κ2) is 11.9. The maximum Gasteiger partial charge on any atom is 0.311 e. The number of rotatable bonds is 11. The summed E-state index contributed by atoms with van der Waals surface area (Å²) in [5.41, 5.74) is 2.34. The molecule has 13 heteroatoms. The number of nitrogens with one attached hydrogen (secondary N) is 2. The van der Waals surface area contributed by atoms with Gasteiger partial charge in [0.1, 0.15) is 5.75 Å². The van der Waals surface area contributed by atoms with Crippen LogP contribution < -0.4 is 34.4 Å². The first-order chi connectivity index (χ1) is 16.3. The van der Waals surface area contributed by atoms with Crippen LogP contribution in [0.5, 0.6) is 28.7 Å².